The summed E-state index contributed by atoms with van der Waals surface area (Å²) in [5.41, 5.74) is 1.24. The zero-order chi connectivity index (χ0) is 13.5. The molecule has 0 atom stereocenters. The Morgan fingerprint density at radius 3 is 2.74 bits per heavy atom. The van der Waals surface area contributed by atoms with Gasteiger partial charge in [-0.3, -0.25) is 0 Å². The molecule has 19 heavy (non-hydrogen) atoms. The molecule has 1 saturated heterocycles. The molecule has 1 N–H and O–H groups in total. The lowest BCUT2D eigenvalue weighted by Crippen LogP contribution is -2.23. The molecule has 3 nitrogen and oxygen atoms in total. The molecule has 106 valence electrons. The lowest BCUT2D eigenvalue weighted by Gasteiger charge is -2.23. The Balaban J connectivity index is 1.87. The van der Waals surface area contributed by atoms with Crippen LogP contribution in [0.4, 0.5) is 0 Å². The first kappa shape index (κ1) is 14.4. The Labute approximate surface area is 116 Å². The van der Waals surface area contributed by atoms with E-state index in [-0.39, 0.29) is 0 Å². The van der Waals surface area contributed by atoms with Crippen molar-refractivity contribution >= 4 is 0 Å². The predicted octanol–water partition coefficient (Wildman–Crippen LogP) is 2.99. The summed E-state index contributed by atoms with van der Waals surface area (Å²) in [5.74, 6) is 1.65. The number of hydrogen-bond donors (Lipinski definition) is 1. The summed E-state index contributed by atoms with van der Waals surface area (Å²) >= 11 is 0. The molecule has 1 fully saturated rings. The van der Waals surface area contributed by atoms with Gasteiger partial charge in [0.25, 0.3) is 0 Å². The SMILES string of the molecule is CC(C)NCc1ccccc1OCC1CCOCC1. The highest BCUT2D eigenvalue weighted by atomic mass is 16.5. The number of rotatable bonds is 6. The highest BCUT2D eigenvalue weighted by Gasteiger charge is 2.15. The Morgan fingerprint density at radius 2 is 2.00 bits per heavy atom. The van der Waals surface area contributed by atoms with Crippen molar-refractivity contribution in [3.05, 3.63) is 29.8 Å². The first-order chi connectivity index (χ1) is 9.25. The minimum absolute atomic E-state index is 0.489. The average molecular weight is 263 g/mol. The number of nitrogens with one attached hydrogen (secondary N) is 1. The Morgan fingerprint density at radius 1 is 1.26 bits per heavy atom. The van der Waals surface area contributed by atoms with Gasteiger partial charge >= 0.3 is 0 Å². The molecule has 0 aromatic heterocycles. The molecule has 1 aromatic carbocycles. The van der Waals surface area contributed by atoms with E-state index in [0.29, 0.717) is 12.0 Å². The molecule has 1 aliphatic rings. The fourth-order valence-electron chi connectivity index (χ4n) is 2.23. The van der Waals surface area contributed by atoms with Crippen LogP contribution in [0.5, 0.6) is 5.75 Å². The number of ether oxygens (including phenoxy) is 2. The summed E-state index contributed by atoms with van der Waals surface area (Å²) in [6, 6.07) is 8.80. The molecule has 0 aliphatic carbocycles. The molecule has 0 radical (unpaired) electrons. The molecule has 2 rings (SSSR count). The van der Waals surface area contributed by atoms with E-state index >= 15 is 0 Å². The van der Waals surface area contributed by atoms with Crippen LogP contribution >= 0.6 is 0 Å². The summed E-state index contributed by atoms with van der Waals surface area (Å²) in [5, 5.41) is 3.44. The molecular weight excluding hydrogens is 238 g/mol. The van der Waals surface area contributed by atoms with Gasteiger partial charge in [-0.15, -0.1) is 0 Å². The molecule has 0 amide bonds. The maximum absolute atomic E-state index is 6.01. The zero-order valence-corrected chi connectivity index (χ0v) is 12.0. The van der Waals surface area contributed by atoms with Gasteiger partial charge in [-0.25, -0.2) is 0 Å². The standard InChI is InChI=1S/C16H25NO2/c1-13(2)17-11-15-5-3-4-6-16(15)19-12-14-7-9-18-10-8-14/h3-6,13-14,17H,7-12H2,1-2H3. The predicted molar refractivity (Wildman–Crippen MR) is 77.5 cm³/mol. The van der Waals surface area contributed by atoms with Crippen LogP contribution in [0.2, 0.25) is 0 Å². The summed E-state index contributed by atoms with van der Waals surface area (Å²) < 4.78 is 11.4. The third kappa shape index (κ3) is 4.84. The van der Waals surface area contributed by atoms with Gasteiger partial charge in [-0.05, 0) is 24.8 Å². The normalized spacial score (nSPS) is 16.8. The van der Waals surface area contributed by atoms with Gasteiger partial charge in [0.2, 0.25) is 0 Å². The minimum Gasteiger partial charge on any atom is -0.493 e. The second-order valence-electron chi connectivity index (χ2n) is 5.51. The van der Waals surface area contributed by atoms with Crippen molar-refractivity contribution in [3.8, 4) is 5.75 Å². The maximum atomic E-state index is 6.01. The molecule has 0 bridgehead atoms. The lowest BCUT2D eigenvalue weighted by molar-refractivity contribution is 0.0496. The fourth-order valence-corrected chi connectivity index (χ4v) is 2.23. The van der Waals surface area contributed by atoms with Crippen LogP contribution in [-0.4, -0.2) is 25.9 Å². The zero-order valence-electron chi connectivity index (χ0n) is 12.0. The molecule has 1 aliphatic heterocycles. The van der Waals surface area contributed by atoms with Crippen LogP contribution in [0.25, 0.3) is 0 Å². The van der Waals surface area contributed by atoms with Crippen LogP contribution in [0, 0.1) is 5.92 Å². The highest BCUT2D eigenvalue weighted by molar-refractivity contribution is 5.33. The van der Waals surface area contributed by atoms with Crippen LogP contribution in [0.1, 0.15) is 32.3 Å². The van der Waals surface area contributed by atoms with Crippen molar-refractivity contribution in [2.75, 3.05) is 19.8 Å². The monoisotopic (exact) mass is 263 g/mol. The second-order valence-corrected chi connectivity index (χ2v) is 5.51. The van der Waals surface area contributed by atoms with Crippen molar-refractivity contribution < 1.29 is 9.47 Å². The Hall–Kier alpha value is -1.06. The molecule has 3 heteroatoms. The molecule has 1 aromatic rings. The van der Waals surface area contributed by atoms with Crippen LogP contribution in [0.3, 0.4) is 0 Å². The van der Waals surface area contributed by atoms with E-state index in [1.54, 1.807) is 0 Å². The van der Waals surface area contributed by atoms with E-state index in [1.165, 1.54) is 5.56 Å². The van der Waals surface area contributed by atoms with Gasteiger partial charge in [-0.1, -0.05) is 32.0 Å². The van der Waals surface area contributed by atoms with E-state index in [0.717, 1.165) is 45.0 Å². The van der Waals surface area contributed by atoms with E-state index in [2.05, 4.69) is 37.4 Å². The topological polar surface area (TPSA) is 30.5 Å². The number of para-hydroxylation sites is 1. The first-order valence-corrected chi connectivity index (χ1v) is 7.27. The number of hydrogen-bond acceptors (Lipinski definition) is 3. The largest absolute Gasteiger partial charge is 0.493 e. The van der Waals surface area contributed by atoms with Gasteiger partial charge in [-0.2, -0.15) is 0 Å². The third-order valence-corrected chi connectivity index (χ3v) is 3.49. The molecule has 0 spiro atoms. The van der Waals surface area contributed by atoms with Crippen LogP contribution in [0.15, 0.2) is 24.3 Å². The van der Waals surface area contributed by atoms with Crippen LogP contribution < -0.4 is 10.1 Å². The average Bonchev–Trinajstić information content (AvgIpc) is 2.45. The first-order valence-electron chi connectivity index (χ1n) is 7.27. The Kier molecular flexibility index (Phi) is 5.67. The Bertz CT molecular complexity index is 373. The summed E-state index contributed by atoms with van der Waals surface area (Å²) in [6.07, 6.45) is 2.23. The molecule has 0 unspecified atom stereocenters. The van der Waals surface area contributed by atoms with E-state index in [1.807, 2.05) is 6.07 Å². The number of benzene rings is 1. The summed E-state index contributed by atoms with van der Waals surface area (Å²) in [6.45, 7) is 7.75. The van der Waals surface area contributed by atoms with Crippen molar-refractivity contribution in [1.82, 2.24) is 5.32 Å². The van der Waals surface area contributed by atoms with Crippen LogP contribution in [-0.2, 0) is 11.3 Å². The lowest BCUT2D eigenvalue weighted by atomic mass is 10.0. The molecule has 0 saturated carbocycles. The maximum Gasteiger partial charge on any atom is 0.123 e. The van der Waals surface area contributed by atoms with Crippen molar-refractivity contribution in [2.24, 2.45) is 5.92 Å². The summed E-state index contributed by atoms with van der Waals surface area (Å²) in [7, 11) is 0. The molecular formula is C16H25NO2. The fraction of sp³-hybridized carbons (Fsp3) is 0.625. The van der Waals surface area contributed by atoms with Gasteiger partial charge < -0.3 is 14.8 Å². The van der Waals surface area contributed by atoms with Crippen molar-refractivity contribution in [3.63, 3.8) is 0 Å². The van der Waals surface area contributed by atoms with Gasteiger partial charge in [0.1, 0.15) is 5.75 Å². The second kappa shape index (κ2) is 7.51. The van der Waals surface area contributed by atoms with Crippen molar-refractivity contribution in [1.29, 1.82) is 0 Å². The van der Waals surface area contributed by atoms with Crippen molar-refractivity contribution in [2.45, 2.75) is 39.3 Å². The minimum atomic E-state index is 0.489. The summed E-state index contributed by atoms with van der Waals surface area (Å²) in [4.78, 5) is 0. The smallest absolute Gasteiger partial charge is 0.123 e. The van der Waals surface area contributed by atoms with E-state index in [4.69, 9.17) is 9.47 Å². The van der Waals surface area contributed by atoms with Gasteiger partial charge in [0.05, 0.1) is 6.61 Å². The molecule has 1 heterocycles. The quantitative estimate of drug-likeness (QED) is 0.856. The van der Waals surface area contributed by atoms with E-state index < -0.39 is 0 Å². The third-order valence-electron chi connectivity index (χ3n) is 3.49. The van der Waals surface area contributed by atoms with Gasteiger partial charge in [0, 0.05) is 31.4 Å². The van der Waals surface area contributed by atoms with Gasteiger partial charge in [0.15, 0.2) is 0 Å². The highest BCUT2D eigenvalue weighted by Crippen LogP contribution is 2.21. The van der Waals surface area contributed by atoms with E-state index in [9.17, 15) is 0 Å².